The first-order valence-electron chi connectivity index (χ1n) is 8.52. The van der Waals surface area contributed by atoms with E-state index >= 15 is 0 Å². The van der Waals surface area contributed by atoms with Gasteiger partial charge >= 0.3 is 0 Å². The highest BCUT2D eigenvalue weighted by atomic mass is 32.2. The first-order chi connectivity index (χ1) is 12.0. The second-order valence-corrected chi connectivity index (χ2v) is 8.79. The zero-order chi connectivity index (χ0) is 17.9. The predicted molar refractivity (Wildman–Crippen MR) is 96.2 cm³/mol. The van der Waals surface area contributed by atoms with Crippen LogP contribution in [-0.2, 0) is 21.2 Å². The molecule has 1 aromatic rings. The Morgan fingerprint density at radius 1 is 1.40 bits per heavy atom. The number of rotatable bonds is 5. The Morgan fingerprint density at radius 3 is 2.92 bits per heavy atom. The molecule has 0 N–H and O–H groups in total. The summed E-state index contributed by atoms with van der Waals surface area (Å²) < 4.78 is 29.2. The summed E-state index contributed by atoms with van der Waals surface area (Å²) in [5.41, 5.74) is 1.06. The van der Waals surface area contributed by atoms with Gasteiger partial charge in [-0.2, -0.15) is 0 Å². The standard InChI is InChI=1S/C18H24N2O4S/c1-2-8-20(16-7-11-25(22,23)14-16)18(21)13-19-9-10-24-17-6-4-3-5-15(17)12-19/h2-6,16H,1,7-14H2. The molecule has 1 saturated heterocycles. The van der Waals surface area contributed by atoms with Crippen LogP contribution in [0.1, 0.15) is 12.0 Å². The number of sulfone groups is 1. The fourth-order valence-electron chi connectivity index (χ4n) is 3.41. The van der Waals surface area contributed by atoms with Crippen LogP contribution < -0.4 is 4.74 Å². The third-order valence-corrected chi connectivity index (χ3v) is 6.44. The first kappa shape index (κ1) is 17.9. The third-order valence-electron chi connectivity index (χ3n) is 4.69. The number of carbonyl (C=O) groups is 1. The molecule has 1 unspecified atom stereocenters. The van der Waals surface area contributed by atoms with E-state index in [0.717, 1.165) is 11.3 Å². The highest BCUT2D eigenvalue weighted by Crippen LogP contribution is 2.23. The van der Waals surface area contributed by atoms with Gasteiger partial charge in [-0.15, -0.1) is 6.58 Å². The molecule has 0 aliphatic carbocycles. The van der Waals surface area contributed by atoms with Crippen molar-refractivity contribution in [2.24, 2.45) is 0 Å². The quantitative estimate of drug-likeness (QED) is 0.732. The van der Waals surface area contributed by atoms with E-state index < -0.39 is 9.84 Å². The fraction of sp³-hybridized carbons (Fsp3) is 0.500. The van der Waals surface area contributed by atoms with E-state index in [1.165, 1.54) is 0 Å². The number of benzene rings is 1. The van der Waals surface area contributed by atoms with E-state index in [1.807, 2.05) is 29.2 Å². The van der Waals surface area contributed by atoms with Gasteiger partial charge in [-0.05, 0) is 12.5 Å². The lowest BCUT2D eigenvalue weighted by Gasteiger charge is -2.29. The highest BCUT2D eigenvalue weighted by molar-refractivity contribution is 7.91. The monoisotopic (exact) mass is 364 g/mol. The number of para-hydroxylation sites is 1. The van der Waals surface area contributed by atoms with Crippen LogP contribution >= 0.6 is 0 Å². The number of carbonyl (C=O) groups excluding carboxylic acids is 1. The van der Waals surface area contributed by atoms with Crippen LogP contribution in [0.2, 0.25) is 0 Å². The summed E-state index contributed by atoms with van der Waals surface area (Å²) in [5, 5.41) is 0. The smallest absolute Gasteiger partial charge is 0.237 e. The topological polar surface area (TPSA) is 66.9 Å². The highest BCUT2D eigenvalue weighted by Gasteiger charge is 2.34. The van der Waals surface area contributed by atoms with Gasteiger partial charge in [-0.3, -0.25) is 9.69 Å². The molecule has 2 heterocycles. The second-order valence-electron chi connectivity index (χ2n) is 6.56. The number of amides is 1. The van der Waals surface area contributed by atoms with E-state index in [-0.39, 0.29) is 30.0 Å². The molecule has 2 aliphatic heterocycles. The van der Waals surface area contributed by atoms with Gasteiger partial charge in [0.2, 0.25) is 5.91 Å². The van der Waals surface area contributed by atoms with Crippen molar-refractivity contribution in [2.75, 3.05) is 37.7 Å². The van der Waals surface area contributed by atoms with Gasteiger partial charge < -0.3 is 9.64 Å². The molecular weight excluding hydrogens is 340 g/mol. The van der Waals surface area contributed by atoms with E-state index in [1.54, 1.807) is 11.0 Å². The van der Waals surface area contributed by atoms with Gasteiger partial charge in [-0.25, -0.2) is 8.42 Å². The molecule has 1 fully saturated rings. The van der Waals surface area contributed by atoms with Gasteiger partial charge in [0.1, 0.15) is 12.4 Å². The first-order valence-corrected chi connectivity index (χ1v) is 10.3. The Morgan fingerprint density at radius 2 is 2.20 bits per heavy atom. The summed E-state index contributed by atoms with van der Waals surface area (Å²) >= 11 is 0. The average molecular weight is 364 g/mol. The average Bonchev–Trinajstić information content (AvgIpc) is 2.80. The molecular formula is C18H24N2O4S. The molecule has 0 radical (unpaired) electrons. The maximum absolute atomic E-state index is 12.8. The molecule has 1 atom stereocenters. The molecule has 7 heteroatoms. The maximum Gasteiger partial charge on any atom is 0.237 e. The number of hydrogen-bond acceptors (Lipinski definition) is 5. The number of fused-ring (bicyclic) bond motifs is 1. The minimum absolute atomic E-state index is 0.0541. The molecule has 1 amide bonds. The van der Waals surface area contributed by atoms with Gasteiger partial charge in [-0.1, -0.05) is 24.3 Å². The molecule has 3 rings (SSSR count). The van der Waals surface area contributed by atoms with Crippen molar-refractivity contribution in [3.8, 4) is 5.75 Å². The van der Waals surface area contributed by atoms with Crippen LogP contribution in [0, 0.1) is 0 Å². The van der Waals surface area contributed by atoms with E-state index in [0.29, 0.717) is 32.7 Å². The summed E-state index contributed by atoms with van der Waals surface area (Å²) in [6, 6.07) is 7.59. The summed E-state index contributed by atoms with van der Waals surface area (Å²) in [6.07, 6.45) is 2.16. The van der Waals surface area contributed by atoms with Crippen LogP contribution in [0.5, 0.6) is 5.75 Å². The summed E-state index contributed by atoms with van der Waals surface area (Å²) in [5.74, 6) is 1.02. The minimum atomic E-state index is -3.03. The SMILES string of the molecule is C=CCN(C(=O)CN1CCOc2ccccc2C1)C1CCS(=O)(=O)C1. The molecule has 6 nitrogen and oxygen atoms in total. The van der Waals surface area contributed by atoms with E-state index in [4.69, 9.17) is 4.74 Å². The zero-order valence-corrected chi connectivity index (χ0v) is 15.1. The van der Waals surface area contributed by atoms with Gasteiger partial charge in [0.25, 0.3) is 0 Å². The normalized spacial score (nSPS) is 22.5. The van der Waals surface area contributed by atoms with Crippen molar-refractivity contribution in [2.45, 2.75) is 19.0 Å². The molecule has 0 bridgehead atoms. The van der Waals surface area contributed by atoms with E-state index in [9.17, 15) is 13.2 Å². The van der Waals surface area contributed by atoms with Gasteiger partial charge in [0, 0.05) is 31.2 Å². The van der Waals surface area contributed by atoms with Crippen molar-refractivity contribution < 1.29 is 17.9 Å². The summed E-state index contributed by atoms with van der Waals surface area (Å²) in [4.78, 5) is 16.5. The second kappa shape index (κ2) is 7.58. The fourth-order valence-corrected chi connectivity index (χ4v) is 5.14. The van der Waals surface area contributed by atoms with Crippen LogP contribution in [0.25, 0.3) is 0 Å². The van der Waals surface area contributed by atoms with Crippen LogP contribution in [0.15, 0.2) is 36.9 Å². The molecule has 2 aliphatic rings. The Balaban J connectivity index is 1.68. The van der Waals surface area contributed by atoms with Gasteiger partial charge in [0.05, 0.1) is 18.1 Å². The van der Waals surface area contributed by atoms with Crippen molar-refractivity contribution in [1.82, 2.24) is 9.80 Å². The maximum atomic E-state index is 12.8. The lowest BCUT2D eigenvalue weighted by atomic mass is 10.2. The Hall–Kier alpha value is -1.86. The lowest BCUT2D eigenvalue weighted by molar-refractivity contribution is -0.133. The third kappa shape index (κ3) is 4.41. The largest absolute Gasteiger partial charge is 0.492 e. The summed E-state index contributed by atoms with van der Waals surface area (Å²) in [6.45, 7) is 6.17. The van der Waals surface area contributed by atoms with Crippen molar-refractivity contribution in [1.29, 1.82) is 0 Å². The Kier molecular flexibility index (Phi) is 5.44. The predicted octanol–water partition coefficient (Wildman–Crippen LogP) is 1.08. The zero-order valence-electron chi connectivity index (χ0n) is 14.3. The van der Waals surface area contributed by atoms with Crippen LogP contribution in [0.3, 0.4) is 0 Å². The molecule has 0 aromatic heterocycles. The summed E-state index contributed by atoms with van der Waals surface area (Å²) in [7, 11) is -3.03. The van der Waals surface area contributed by atoms with Crippen LogP contribution in [-0.4, -0.2) is 67.9 Å². The number of hydrogen-bond donors (Lipinski definition) is 0. The van der Waals surface area contributed by atoms with Crippen molar-refractivity contribution in [3.05, 3.63) is 42.5 Å². The molecule has 25 heavy (non-hydrogen) atoms. The van der Waals surface area contributed by atoms with Crippen molar-refractivity contribution >= 4 is 15.7 Å². The van der Waals surface area contributed by atoms with Crippen molar-refractivity contribution in [3.63, 3.8) is 0 Å². The Bertz CT molecular complexity index is 747. The molecule has 1 aromatic carbocycles. The Labute approximate surface area is 149 Å². The minimum Gasteiger partial charge on any atom is -0.492 e. The van der Waals surface area contributed by atoms with E-state index in [2.05, 4.69) is 6.58 Å². The molecule has 0 spiro atoms. The van der Waals surface area contributed by atoms with Gasteiger partial charge in [0.15, 0.2) is 9.84 Å². The lowest BCUT2D eigenvalue weighted by Crippen LogP contribution is -2.46. The molecule has 0 saturated carbocycles. The number of ether oxygens (including phenoxy) is 1. The molecule has 136 valence electrons. The number of nitrogens with zero attached hydrogens (tertiary/aromatic N) is 2. The van der Waals surface area contributed by atoms with Crippen LogP contribution in [0.4, 0.5) is 0 Å².